The Kier molecular flexibility index (Phi) is 4.54. The third-order valence-electron chi connectivity index (χ3n) is 3.05. The third kappa shape index (κ3) is 2.81. The van der Waals surface area contributed by atoms with Crippen LogP contribution in [0.4, 0.5) is 5.13 Å². The molecule has 1 unspecified atom stereocenters. The molecule has 0 spiro atoms. The molecule has 0 saturated carbocycles. The number of piperazine rings is 1. The second-order valence-corrected chi connectivity index (χ2v) is 5.39. The van der Waals surface area contributed by atoms with Crippen LogP contribution in [0.25, 0.3) is 0 Å². The number of aromatic nitrogens is 1. The molecule has 1 fully saturated rings. The monoisotopic (exact) mass is 268 g/mol. The zero-order valence-corrected chi connectivity index (χ0v) is 11.7. The zero-order chi connectivity index (χ0) is 13.0. The fraction of sp³-hybridized carbons (Fsp3) is 0.667. The maximum Gasteiger partial charge on any atom is 0.242 e. The molecular formula is C12H20N4OS. The summed E-state index contributed by atoms with van der Waals surface area (Å²) in [6.45, 7) is 7.48. The Morgan fingerprint density at radius 1 is 1.61 bits per heavy atom. The molecule has 1 amide bonds. The Balaban J connectivity index is 2.09. The van der Waals surface area contributed by atoms with Crippen molar-refractivity contribution >= 4 is 22.4 Å². The van der Waals surface area contributed by atoms with E-state index in [-0.39, 0.29) is 11.9 Å². The van der Waals surface area contributed by atoms with Gasteiger partial charge < -0.3 is 15.5 Å². The lowest BCUT2D eigenvalue weighted by Gasteiger charge is -2.34. The predicted octanol–water partition coefficient (Wildman–Crippen LogP) is 0.967. The van der Waals surface area contributed by atoms with Crippen LogP contribution in [0.5, 0.6) is 0 Å². The lowest BCUT2D eigenvalue weighted by molar-refractivity contribution is -0.123. The Morgan fingerprint density at radius 3 is 3.17 bits per heavy atom. The Hall–Kier alpha value is -1.14. The molecule has 18 heavy (non-hydrogen) atoms. The molecule has 0 radical (unpaired) electrons. The van der Waals surface area contributed by atoms with E-state index in [1.807, 2.05) is 13.1 Å². The minimum atomic E-state index is -0.0723. The molecule has 5 nitrogen and oxygen atoms in total. The van der Waals surface area contributed by atoms with Gasteiger partial charge in [0.05, 0.1) is 0 Å². The van der Waals surface area contributed by atoms with Gasteiger partial charge >= 0.3 is 0 Å². The maximum atomic E-state index is 11.8. The zero-order valence-electron chi connectivity index (χ0n) is 10.9. The standard InChI is InChI=1S/C12H20N4OS/c1-3-10-11(17)14-5-6-16(10)12-15-8-9(18-12)7-13-4-2/h8,10,13H,3-7H2,1-2H3,(H,14,17). The Labute approximate surface area is 112 Å². The van der Waals surface area contributed by atoms with Gasteiger partial charge in [0.15, 0.2) is 5.13 Å². The molecule has 6 heteroatoms. The summed E-state index contributed by atoms with van der Waals surface area (Å²) in [6.07, 6.45) is 2.72. The minimum absolute atomic E-state index is 0.0723. The van der Waals surface area contributed by atoms with Crippen LogP contribution in [0.3, 0.4) is 0 Å². The predicted molar refractivity (Wildman–Crippen MR) is 73.9 cm³/mol. The fourth-order valence-electron chi connectivity index (χ4n) is 2.11. The molecular weight excluding hydrogens is 248 g/mol. The van der Waals surface area contributed by atoms with Crippen molar-refractivity contribution in [1.82, 2.24) is 15.6 Å². The largest absolute Gasteiger partial charge is 0.353 e. The summed E-state index contributed by atoms with van der Waals surface area (Å²) >= 11 is 1.67. The number of carbonyl (C=O) groups excluding carboxylic acids is 1. The molecule has 1 aromatic heterocycles. The lowest BCUT2D eigenvalue weighted by atomic mass is 10.1. The van der Waals surface area contributed by atoms with Crippen molar-refractivity contribution in [2.75, 3.05) is 24.5 Å². The van der Waals surface area contributed by atoms with Crippen molar-refractivity contribution in [2.24, 2.45) is 0 Å². The first-order chi connectivity index (χ1) is 8.76. The molecule has 1 aliphatic heterocycles. The smallest absolute Gasteiger partial charge is 0.242 e. The highest BCUT2D eigenvalue weighted by atomic mass is 32.1. The van der Waals surface area contributed by atoms with E-state index >= 15 is 0 Å². The van der Waals surface area contributed by atoms with Gasteiger partial charge in [-0.2, -0.15) is 0 Å². The van der Waals surface area contributed by atoms with Gasteiger partial charge in [-0.15, -0.1) is 11.3 Å². The van der Waals surface area contributed by atoms with E-state index in [0.29, 0.717) is 6.54 Å². The number of nitrogens with zero attached hydrogens (tertiary/aromatic N) is 2. The maximum absolute atomic E-state index is 11.8. The lowest BCUT2D eigenvalue weighted by Crippen LogP contribution is -2.55. The molecule has 1 saturated heterocycles. The summed E-state index contributed by atoms with van der Waals surface area (Å²) in [4.78, 5) is 19.6. The molecule has 2 rings (SSSR count). The highest BCUT2D eigenvalue weighted by molar-refractivity contribution is 7.15. The molecule has 0 aromatic carbocycles. The van der Waals surface area contributed by atoms with Crippen LogP contribution >= 0.6 is 11.3 Å². The van der Waals surface area contributed by atoms with Gasteiger partial charge in [0.1, 0.15) is 6.04 Å². The average Bonchev–Trinajstić information content (AvgIpc) is 2.84. The van der Waals surface area contributed by atoms with Gasteiger partial charge in [-0.1, -0.05) is 13.8 Å². The first kappa shape index (κ1) is 13.3. The van der Waals surface area contributed by atoms with Crippen LogP contribution in [0.15, 0.2) is 6.20 Å². The van der Waals surface area contributed by atoms with Gasteiger partial charge in [-0.05, 0) is 13.0 Å². The number of nitrogens with one attached hydrogen (secondary N) is 2. The molecule has 0 aliphatic carbocycles. The number of rotatable bonds is 5. The summed E-state index contributed by atoms with van der Waals surface area (Å²) in [5.41, 5.74) is 0. The van der Waals surface area contributed by atoms with Crippen LogP contribution < -0.4 is 15.5 Å². The Bertz CT molecular complexity index is 407. The van der Waals surface area contributed by atoms with Gasteiger partial charge in [-0.25, -0.2) is 4.98 Å². The van der Waals surface area contributed by atoms with Crippen LogP contribution in [-0.2, 0) is 11.3 Å². The van der Waals surface area contributed by atoms with Gasteiger partial charge in [0.25, 0.3) is 0 Å². The van der Waals surface area contributed by atoms with Crippen LogP contribution in [-0.4, -0.2) is 36.6 Å². The summed E-state index contributed by atoms with van der Waals surface area (Å²) < 4.78 is 0. The molecule has 0 bridgehead atoms. The average molecular weight is 268 g/mol. The highest BCUT2D eigenvalue weighted by Crippen LogP contribution is 2.26. The van der Waals surface area contributed by atoms with E-state index in [2.05, 4.69) is 27.4 Å². The van der Waals surface area contributed by atoms with Crippen molar-refractivity contribution in [3.63, 3.8) is 0 Å². The second kappa shape index (κ2) is 6.15. The van der Waals surface area contributed by atoms with Crippen LogP contribution in [0.2, 0.25) is 0 Å². The van der Waals surface area contributed by atoms with E-state index in [0.717, 1.165) is 31.2 Å². The van der Waals surface area contributed by atoms with E-state index in [4.69, 9.17) is 0 Å². The number of amides is 1. The molecule has 1 atom stereocenters. The molecule has 2 heterocycles. The summed E-state index contributed by atoms with van der Waals surface area (Å²) in [7, 11) is 0. The summed E-state index contributed by atoms with van der Waals surface area (Å²) in [5.74, 6) is 0.118. The number of hydrogen-bond acceptors (Lipinski definition) is 5. The summed E-state index contributed by atoms with van der Waals surface area (Å²) in [5, 5.41) is 7.16. The van der Waals surface area contributed by atoms with Crippen molar-refractivity contribution in [3.05, 3.63) is 11.1 Å². The first-order valence-electron chi connectivity index (χ1n) is 6.46. The topological polar surface area (TPSA) is 57.3 Å². The van der Waals surface area contributed by atoms with E-state index in [1.165, 1.54) is 4.88 Å². The highest BCUT2D eigenvalue weighted by Gasteiger charge is 2.29. The van der Waals surface area contributed by atoms with Crippen molar-refractivity contribution in [3.8, 4) is 0 Å². The molecule has 1 aromatic rings. The summed E-state index contributed by atoms with van der Waals surface area (Å²) in [6, 6.07) is -0.0723. The van der Waals surface area contributed by atoms with Crippen molar-refractivity contribution in [1.29, 1.82) is 0 Å². The normalized spacial score (nSPS) is 20.0. The van der Waals surface area contributed by atoms with Crippen LogP contribution in [0.1, 0.15) is 25.1 Å². The Morgan fingerprint density at radius 2 is 2.44 bits per heavy atom. The van der Waals surface area contributed by atoms with Gasteiger partial charge in [-0.3, -0.25) is 4.79 Å². The molecule has 100 valence electrons. The third-order valence-corrected chi connectivity index (χ3v) is 4.09. The van der Waals surface area contributed by atoms with Crippen molar-refractivity contribution in [2.45, 2.75) is 32.9 Å². The number of thiazole rings is 1. The second-order valence-electron chi connectivity index (χ2n) is 4.30. The van der Waals surface area contributed by atoms with Gasteiger partial charge in [0.2, 0.25) is 5.91 Å². The van der Waals surface area contributed by atoms with E-state index in [9.17, 15) is 4.79 Å². The van der Waals surface area contributed by atoms with Crippen LogP contribution in [0, 0.1) is 0 Å². The number of carbonyl (C=O) groups is 1. The quantitative estimate of drug-likeness (QED) is 0.835. The minimum Gasteiger partial charge on any atom is -0.353 e. The molecule has 1 aliphatic rings. The van der Waals surface area contributed by atoms with Crippen molar-refractivity contribution < 1.29 is 4.79 Å². The number of anilines is 1. The van der Waals surface area contributed by atoms with E-state index < -0.39 is 0 Å². The fourth-order valence-corrected chi connectivity index (χ4v) is 3.06. The first-order valence-corrected chi connectivity index (χ1v) is 7.27. The molecule has 2 N–H and O–H groups in total. The number of hydrogen-bond donors (Lipinski definition) is 2. The SMILES string of the molecule is CCNCc1cnc(N2CCNC(=O)C2CC)s1. The van der Waals surface area contributed by atoms with E-state index in [1.54, 1.807) is 11.3 Å². The van der Waals surface area contributed by atoms with Gasteiger partial charge in [0, 0.05) is 30.7 Å².